The monoisotopic (exact) mass is 260 g/mol. The lowest BCUT2D eigenvalue weighted by Gasteiger charge is -2.21. The van der Waals surface area contributed by atoms with Crippen LogP contribution in [0.15, 0.2) is 36.4 Å². The van der Waals surface area contributed by atoms with E-state index >= 15 is 0 Å². The average Bonchev–Trinajstić information content (AvgIpc) is 2.45. The molecule has 0 radical (unpaired) electrons. The van der Waals surface area contributed by atoms with Crippen LogP contribution in [0.1, 0.15) is 38.3 Å². The molecule has 0 spiro atoms. The summed E-state index contributed by atoms with van der Waals surface area (Å²) in [6.07, 6.45) is 2.06. The lowest BCUT2D eigenvalue weighted by molar-refractivity contribution is 0.409. The van der Waals surface area contributed by atoms with Gasteiger partial charge in [0, 0.05) is 11.4 Å². The van der Waals surface area contributed by atoms with Crippen molar-refractivity contribution >= 4 is 10.8 Å². The Morgan fingerprint density at radius 2 is 1.84 bits per heavy atom. The number of hydrazine groups is 1. The van der Waals surface area contributed by atoms with Gasteiger partial charge in [-0.25, -0.2) is 4.39 Å². The molecule has 3 N–H and O–H groups in total. The van der Waals surface area contributed by atoms with E-state index in [1.54, 1.807) is 0 Å². The lowest BCUT2D eigenvalue weighted by atomic mass is 9.91. The quantitative estimate of drug-likeness (QED) is 0.631. The van der Waals surface area contributed by atoms with E-state index in [1.165, 1.54) is 6.07 Å². The zero-order valence-corrected chi connectivity index (χ0v) is 11.5. The molecule has 0 aromatic heterocycles. The van der Waals surface area contributed by atoms with Gasteiger partial charge in [0.1, 0.15) is 5.82 Å². The number of hydrogen-bond donors (Lipinski definition) is 2. The summed E-state index contributed by atoms with van der Waals surface area (Å²) in [5, 5.41) is 1.60. The van der Waals surface area contributed by atoms with Crippen LogP contribution < -0.4 is 11.3 Å². The van der Waals surface area contributed by atoms with E-state index in [-0.39, 0.29) is 11.9 Å². The average molecular weight is 260 g/mol. The molecule has 2 aromatic rings. The van der Waals surface area contributed by atoms with E-state index in [4.69, 9.17) is 5.84 Å². The minimum absolute atomic E-state index is 0.0560. The molecule has 0 fully saturated rings. The van der Waals surface area contributed by atoms with E-state index in [2.05, 4.69) is 19.3 Å². The number of halogens is 1. The molecule has 102 valence electrons. The fourth-order valence-corrected chi connectivity index (χ4v) is 2.44. The van der Waals surface area contributed by atoms with Crippen LogP contribution >= 0.6 is 0 Å². The highest BCUT2D eigenvalue weighted by atomic mass is 19.1. The summed E-state index contributed by atoms with van der Waals surface area (Å²) in [5.41, 5.74) is 3.94. The molecule has 0 saturated heterocycles. The second kappa shape index (κ2) is 6.13. The first-order valence-corrected chi connectivity index (χ1v) is 6.80. The normalized spacial score (nSPS) is 14.5. The van der Waals surface area contributed by atoms with Gasteiger partial charge in [-0.05, 0) is 29.4 Å². The highest BCUT2D eigenvalue weighted by molar-refractivity contribution is 5.86. The van der Waals surface area contributed by atoms with E-state index in [0.717, 1.165) is 23.8 Å². The van der Waals surface area contributed by atoms with E-state index < -0.39 is 0 Å². The molecule has 0 saturated carbocycles. The molecule has 19 heavy (non-hydrogen) atoms. The van der Waals surface area contributed by atoms with E-state index in [9.17, 15) is 4.39 Å². The fraction of sp³-hybridized carbons (Fsp3) is 0.375. The largest absolute Gasteiger partial charge is 0.271 e. The molecule has 0 heterocycles. The predicted octanol–water partition coefficient (Wildman–Crippen LogP) is 3.92. The Balaban J connectivity index is 2.46. The summed E-state index contributed by atoms with van der Waals surface area (Å²) in [6.45, 7) is 4.37. The second-order valence-corrected chi connectivity index (χ2v) is 5.15. The van der Waals surface area contributed by atoms with Gasteiger partial charge in [-0.3, -0.25) is 11.3 Å². The summed E-state index contributed by atoms with van der Waals surface area (Å²) in [7, 11) is 0. The van der Waals surface area contributed by atoms with Gasteiger partial charge in [0.05, 0.1) is 0 Å². The summed E-state index contributed by atoms with van der Waals surface area (Å²) < 4.78 is 13.8. The van der Waals surface area contributed by atoms with Crippen molar-refractivity contribution in [2.75, 3.05) is 0 Å². The topological polar surface area (TPSA) is 38.0 Å². The van der Waals surface area contributed by atoms with Crippen LogP contribution in [-0.2, 0) is 0 Å². The van der Waals surface area contributed by atoms with Gasteiger partial charge in [0.15, 0.2) is 0 Å². The summed E-state index contributed by atoms with van der Waals surface area (Å²) in [5.74, 6) is 6.09. The van der Waals surface area contributed by atoms with Crippen molar-refractivity contribution in [3.63, 3.8) is 0 Å². The first-order chi connectivity index (χ1) is 9.17. The van der Waals surface area contributed by atoms with Gasteiger partial charge >= 0.3 is 0 Å². The third kappa shape index (κ3) is 2.94. The Morgan fingerprint density at radius 1 is 1.16 bits per heavy atom. The van der Waals surface area contributed by atoms with Crippen LogP contribution in [0.5, 0.6) is 0 Å². The Hall–Kier alpha value is -1.45. The maximum Gasteiger partial charge on any atom is 0.131 e. The molecule has 0 amide bonds. The molecular weight excluding hydrogens is 239 g/mol. The molecule has 0 aliphatic rings. The van der Waals surface area contributed by atoms with Crippen molar-refractivity contribution in [2.45, 2.75) is 32.7 Å². The van der Waals surface area contributed by atoms with Crippen LogP contribution in [0.3, 0.4) is 0 Å². The third-order valence-corrected chi connectivity index (χ3v) is 3.82. The van der Waals surface area contributed by atoms with Crippen LogP contribution in [0.4, 0.5) is 4.39 Å². The number of hydrogen-bond acceptors (Lipinski definition) is 2. The van der Waals surface area contributed by atoms with Crippen molar-refractivity contribution < 1.29 is 4.39 Å². The molecule has 2 unspecified atom stereocenters. The van der Waals surface area contributed by atoms with Crippen LogP contribution in [0.2, 0.25) is 0 Å². The highest BCUT2D eigenvalue weighted by Crippen LogP contribution is 2.30. The van der Waals surface area contributed by atoms with Crippen LogP contribution in [0, 0.1) is 11.7 Å². The van der Waals surface area contributed by atoms with E-state index in [0.29, 0.717) is 11.3 Å². The molecule has 2 aromatic carbocycles. The SMILES string of the molecule is CCC(C)CC(NN)c1ccc(F)c2ccccc12. The smallest absolute Gasteiger partial charge is 0.131 e. The third-order valence-electron chi connectivity index (χ3n) is 3.82. The number of nitrogens with two attached hydrogens (primary N) is 1. The van der Waals surface area contributed by atoms with Gasteiger partial charge in [-0.1, -0.05) is 50.6 Å². The van der Waals surface area contributed by atoms with Crippen LogP contribution in [0.25, 0.3) is 10.8 Å². The molecule has 0 bridgehead atoms. The minimum atomic E-state index is -0.182. The van der Waals surface area contributed by atoms with Crippen LogP contribution in [-0.4, -0.2) is 0 Å². The van der Waals surface area contributed by atoms with Gasteiger partial charge in [-0.15, -0.1) is 0 Å². The number of benzene rings is 2. The predicted molar refractivity (Wildman–Crippen MR) is 78.0 cm³/mol. The fourth-order valence-electron chi connectivity index (χ4n) is 2.44. The Kier molecular flexibility index (Phi) is 4.51. The summed E-state index contributed by atoms with van der Waals surface area (Å²) in [4.78, 5) is 0. The van der Waals surface area contributed by atoms with E-state index in [1.807, 2.05) is 30.3 Å². The van der Waals surface area contributed by atoms with Crippen molar-refractivity contribution in [1.82, 2.24) is 5.43 Å². The first-order valence-electron chi connectivity index (χ1n) is 6.80. The molecule has 0 aliphatic carbocycles. The number of fused-ring (bicyclic) bond motifs is 1. The molecular formula is C16H21FN2. The number of nitrogens with one attached hydrogen (secondary N) is 1. The zero-order valence-electron chi connectivity index (χ0n) is 11.5. The van der Waals surface area contributed by atoms with Gasteiger partial charge in [0.2, 0.25) is 0 Å². The zero-order chi connectivity index (χ0) is 13.8. The Labute approximate surface area is 113 Å². The summed E-state index contributed by atoms with van der Waals surface area (Å²) in [6, 6.07) is 11.0. The first kappa shape index (κ1) is 14.0. The summed E-state index contributed by atoms with van der Waals surface area (Å²) >= 11 is 0. The van der Waals surface area contributed by atoms with Crippen molar-refractivity contribution in [1.29, 1.82) is 0 Å². The van der Waals surface area contributed by atoms with Crippen molar-refractivity contribution in [3.05, 3.63) is 47.8 Å². The Morgan fingerprint density at radius 3 is 2.47 bits per heavy atom. The molecule has 0 aliphatic heterocycles. The maximum absolute atomic E-state index is 13.8. The van der Waals surface area contributed by atoms with Gasteiger partial charge in [-0.2, -0.15) is 0 Å². The van der Waals surface area contributed by atoms with Gasteiger partial charge < -0.3 is 0 Å². The lowest BCUT2D eigenvalue weighted by Crippen LogP contribution is -2.29. The van der Waals surface area contributed by atoms with Crippen molar-refractivity contribution in [2.24, 2.45) is 11.8 Å². The van der Waals surface area contributed by atoms with Gasteiger partial charge in [0.25, 0.3) is 0 Å². The molecule has 2 nitrogen and oxygen atoms in total. The Bertz CT molecular complexity index is 553. The highest BCUT2D eigenvalue weighted by Gasteiger charge is 2.16. The minimum Gasteiger partial charge on any atom is -0.271 e. The maximum atomic E-state index is 13.8. The second-order valence-electron chi connectivity index (χ2n) is 5.15. The number of rotatable bonds is 5. The molecule has 2 atom stereocenters. The standard InChI is InChI=1S/C16H21FN2/c1-3-11(2)10-16(19-18)14-8-9-15(17)13-7-5-4-6-12(13)14/h4-9,11,16,19H,3,10,18H2,1-2H3. The molecule has 2 rings (SSSR count). The van der Waals surface area contributed by atoms with Crippen molar-refractivity contribution in [3.8, 4) is 0 Å². The molecule has 3 heteroatoms.